The van der Waals surface area contributed by atoms with Gasteiger partial charge in [-0.25, -0.2) is 0 Å². The van der Waals surface area contributed by atoms with Gasteiger partial charge in [0.15, 0.2) is 0 Å². The van der Waals surface area contributed by atoms with Gasteiger partial charge in [0.05, 0.1) is 0 Å². The van der Waals surface area contributed by atoms with Crippen molar-refractivity contribution in [1.82, 2.24) is 10.2 Å². The molecule has 0 aromatic heterocycles. The van der Waals surface area contributed by atoms with Crippen LogP contribution in [0.3, 0.4) is 0 Å². The molecule has 2 aliphatic heterocycles. The molecule has 1 fully saturated rings. The van der Waals surface area contributed by atoms with E-state index in [1.165, 1.54) is 0 Å². The molecule has 174 valence electrons. The smallest absolute Gasteiger partial charge is 0.251 e. The number of hydrogen-bond donors (Lipinski definition) is 1. The number of para-hydroxylation sites is 1. The van der Waals surface area contributed by atoms with E-state index >= 15 is 0 Å². The van der Waals surface area contributed by atoms with Gasteiger partial charge >= 0.3 is 0 Å². The number of nitrogens with zero attached hydrogens (tertiary/aromatic N) is 2. The molecule has 3 aromatic rings. The number of fused-ring (bicyclic) bond motifs is 1. The molecular formula is C28H29N3O3. The second kappa shape index (κ2) is 10.1. The normalized spacial score (nSPS) is 18.2. The van der Waals surface area contributed by atoms with Crippen molar-refractivity contribution in [2.24, 2.45) is 0 Å². The standard InChI is InChI=1S/C28H29N3O3/c32-27-14-7-16-31(27)24-12-6-11-22(18-24)28(33)29-15-17-30-19-23-10-4-5-13-25(23)34-26(20-30)21-8-2-1-3-9-21/h1-6,8-13,18,26H,7,14-17,19-20H2,(H,29,33)/t26-/m1/s1. The number of hydrogen-bond acceptors (Lipinski definition) is 4. The lowest BCUT2D eigenvalue weighted by molar-refractivity contribution is -0.117. The zero-order chi connectivity index (χ0) is 23.3. The van der Waals surface area contributed by atoms with Crippen molar-refractivity contribution in [2.75, 3.05) is 31.1 Å². The number of amides is 2. The summed E-state index contributed by atoms with van der Waals surface area (Å²) < 4.78 is 6.38. The van der Waals surface area contributed by atoms with E-state index in [9.17, 15) is 9.59 Å². The molecule has 1 atom stereocenters. The summed E-state index contributed by atoms with van der Waals surface area (Å²) in [7, 11) is 0. The monoisotopic (exact) mass is 455 g/mol. The van der Waals surface area contributed by atoms with Gasteiger partial charge in [-0.15, -0.1) is 0 Å². The molecule has 1 N–H and O–H groups in total. The summed E-state index contributed by atoms with van der Waals surface area (Å²) >= 11 is 0. The fourth-order valence-electron chi connectivity index (χ4n) is 4.66. The second-order valence-electron chi connectivity index (χ2n) is 8.82. The highest BCUT2D eigenvalue weighted by Crippen LogP contribution is 2.30. The summed E-state index contributed by atoms with van der Waals surface area (Å²) in [6.45, 7) is 3.44. The topological polar surface area (TPSA) is 61.9 Å². The average molecular weight is 456 g/mol. The Morgan fingerprint density at radius 1 is 1.00 bits per heavy atom. The van der Waals surface area contributed by atoms with Crippen LogP contribution in [0.5, 0.6) is 5.75 Å². The number of ether oxygens (including phenoxy) is 1. The van der Waals surface area contributed by atoms with Gasteiger partial charge in [0.25, 0.3) is 5.91 Å². The van der Waals surface area contributed by atoms with Gasteiger partial charge in [0.1, 0.15) is 11.9 Å². The van der Waals surface area contributed by atoms with Crippen molar-refractivity contribution < 1.29 is 14.3 Å². The predicted octanol–water partition coefficient (Wildman–Crippen LogP) is 4.18. The Morgan fingerprint density at radius 2 is 1.82 bits per heavy atom. The van der Waals surface area contributed by atoms with Crippen molar-refractivity contribution in [3.8, 4) is 5.75 Å². The summed E-state index contributed by atoms with van der Waals surface area (Å²) in [5, 5.41) is 3.05. The summed E-state index contributed by atoms with van der Waals surface area (Å²) in [5.74, 6) is 0.907. The maximum Gasteiger partial charge on any atom is 0.251 e. The first kappa shape index (κ1) is 22.2. The van der Waals surface area contributed by atoms with Gasteiger partial charge < -0.3 is 15.0 Å². The van der Waals surface area contributed by atoms with Crippen LogP contribution in [0, 0.1) is 0 Å². The number of benzene rings is 3. The molecule has 34 heavy (non-hydrogen) atoms. The Kier molecular flexibility index (Phi) is 6.58. The number of anilines is 1. The first-order chi connectivity index (χ1) is 16.7. The summed E-state index contributed by atoms with van der Waals surface area (Å²) in [5.41, 5.74) is 3.66. The van der Waals surface area contributed by atoms with Crippen molar-refractivity contribution in [3.63, 3.8) is 0 Å². The molecule has 2 heterocycles. The minimum absolute atomic E-state index is 0.0739. The largest absolute Gasteiger partial charge is 0.484 e. The second-order valence-corrected chi connectivity index (χ2v) is 8.82. The molecule has 1 saturated heterocycles. The van der Waals surface area contributed by atoms with E-state index in [1.54, 1.807) is 17.0 Å². The average Bonchev–Trinajstić information content (AvgIpc) is 3.21. The van der Waals surface area contributed by atoms with Gasteiger partial charge in [-0.3, -0.25) is 14.5 Å². The summed E-state index contributed by atoms with van der Waals surface area (Å²) in [6, 6.07) is 25.7. The van der Waals surface area contributed by atoms with Crippen molar-refractivity contribution in [3.05, 3.63) is 95.6 Å². The molecule has 6 nitrogen and oxygen atoms in total. The van der Waals surface area contributed by atoms with Crippen LogP contribution in [-0.4, -0.2) is 42.9 Å². The van der Waals surface area contributed by atoms with Gasteiger partial charge in [0, 0.05) is 56.0 Å². The Morgan fingerprint density at radius 3 is 2.65 bits per heavy atom. The Balaban J connectivity index is 1.24. The van der Waals surface area contributed by atoms with Crippen molar-refractivity contribution in [2.45, 2.75) is 25.5 Å². The van der Waals surface area contributed by atoms with Crippen LogP contribution in [-0.2, 0) is 11.3 Å². The first-order valence-electron chi connectivity index (χ1n) is 11.9. The third kappa shape index (κ3) is 4.97. The van der Waals surface area contributed by atoms with Crippen molar-refractivity contribution >= 4 is 17.5 Å². The fourth-order valence-corrected chi connectivity index (χ4v) is 4.66. The first-order valence-corrected chi connectivity index (χ1v) is 11.9. The molecule has 0 unspecified atom stereocenters. The minimum atomic E-state index is -0.125. The third-order valence-electron chi connectivity index (χ3n) is 6.44. The van der Waals surface area contributed by atoms with Crippen LogP contribution in [0.25, 0.3) is 0 Å². The SMILES string of the molecule is O=C(NCCN1Cc2ccccc2O[C@@H](c2ccccc2)C1)c1cccc(N2CCCC2=O)c1. The highest BCUT2D eigenvalue weighted by Gasteiger charge is 2.25. The highest BCUT2D eigenvalue weighted by molar-refractivity contribution is 5.99. The van der Waals surface area contributed by atoms with E-state index in [0.29, 0.717) is 31.6 Å². The molecular weight excluding hydrogens is 426 g/mol. The van der Waals surface area contributed by atoms with Gasteiger partial charge in [-0.2, -0.15) is 0 Å². The molecule has 3 aromatic carbocycles. The van der Waals surface area contributed by atoms with Crippen LogP contribution < -0.4 is 15.0 Å². The lowest BCUT2D eigenvalue weighted by Gasteiger charge is -2.24. The van der Waals surface area contributed by atoms with E-state index in [1.807, 2.05) is 48.5 Å². The quantitative estimate of drug-likeness (QED) is 0.606. The maximum absolute atomic E-state index is 12.8. The molecule has 6 heteroatoms. The van der Waals surface area contributed by atoms with E-state index in [2.05, 4.69) is 28.4 Å². The predicted molar refractivity (Wildman–Crippen MR) is 132 cm³/mol. The molecule has 2 aliphatic rings. The van der Waals surface area contributed by atoms with Crippen LogP contribution >= 0.6 is 0 Å². The molecule has 0 saturated carbocycles. The van der Waals surface area contributed by atoms with E-state index in [-0.39, 0.29) is 17.9 Å². The Bertz CT molecular complexity index is 1160. The maximum atomic E-state index is 12.8. The number of carbonyl (C=O) groups excluding carboxylic acids is 2. The van der Waals surface area contributed by atoms with Gasteiger partial charge in [0.2, 0.25) is 5.91 Å². The highest BCUT2D eigenvalue weighted by atomic mass is 16.5. The Hall–Kier alpha value is -3.64. The van der Waals surface area contributed by atoms with Crippen molar-refractivity contribution in [1.29, 1.82) is 0 Å². The van der Waals surface area contributed by atoms with E-state index < -0.39 is 0 Å². The van der Waals surface area contributed by atoms with Gasteiger partial charge in [-0.05, 0) is 36.2 Å². The Labute approximate surface area is 200 Å². The lowest BCUT2D eigenvalue weighted by Crippen LogP contribution is -2.36. The summed E-state index contributed by atoms with van der Waals surface area (Å²) in [4.78, 5) is 29.0. The molecule has 0 radical (unpaired) electrons. The minimum Gasteiger partial charge on any atom is -0.484 e. The molecule has 0 bridgehead atoms. The van der Waals surface area contributed by atoms with E-state index in [0.717, 1.165) is 42.1 Å². The third-order valence-corrected chi connectivity index (χ3v) is 6.44. The molecule has 2 amide bonds. The number of carbonyl (C=O) groups is 2. The summed E-state index contributed by atoms with van der Waals surface area (Å²) in [6.07, 6.45) is 1.36. The number of nitrogens with one attached hydrogen (secondary N) is 1. The zero-order valence-electron chi connectivity index (χ0n) is 19.2. The lowest BCUT2D eigenvalue weighted by atomic mass is 10.1. The molecule has 0 aliphatic carbocycles. The van der Waals surface area contributed by atoms with Gasteiger partial charge in [-0.1, -0.05) is 54.6 Å². The van der Waals surface area contributed by atoms with Crippen LogP contribution in [0.4, 0.5) is 5.69 Å². The van der Waals surface area contributed by atoms with Crippen LogP contribution in [0.2, 0.25) is 0 Å². The van der Waals surface area contributed by atoms with Crippen LogP contribution in [0.1, 0.15) is 40.4 Å². The molecule has 0 spiro atoms. The van der Waals surface area contributed by atoms with Crippen LogP contribution in [0.15, 0.2) is 78.9 Å². The fraction of sp³-hybridized carbons (Fsp3) is 0.286. The van der Waals surface area contributed by atoms with E-state index in [4.69, 9.17) is 4.74 Å². The zero-order valence-corrected chi connectivity index (χ0v) is 19.2. The molecule has 5 rings (SSSR count). The number of rotatable bonds is 6.